The number of hydrogen-bond donors (Lipinski definition) is 1. The van der Waals surface area contributed by atoms with Gasteiger partial charge in [0, 0.05) is 0 Å². The lowest BCUT2D eigenvalue weighted by Gasteiger charge is -2.12. The van der Waals surface area contributed by atoms with E-state index in [2.05, 4.69) is 24.4 Å². The van der Waals surface area contributed by atoms with Gasteiger partial charge in [0.1, 0.15) is 6.04 Å². The Morgan fingerprint density at radius 1 is 1.04 bits per heavy atom. The summed E-state index contributed by atoms with van der Waals surface area (Å²) in [6.07, 6.45) is 2.97. The van der Waals surface area contributed by atoms with Crippen molar-refractivity contribution in [2.75, 3.05) is 6.54 Å². The molecule has 4 heteroatoms. The quantitative estimate of drug-likeness (QED) is 0.431. The molecule has 2 aromatic carbocycles. The fourth-order valence-electron chi connectivity index (χ4n) is 2.23. The Balaban J connectivity index is 1.78. The van der Waals surface area contributed by atoms with Gasteiger partial charge in [-0.05, 0) is 49.6 Å². The molecule has 128 valence electrons. The first-order valence-corrected chi connectivity index (χ1v) is 8.43. The second-order valence-electron chi connectivity index (χ2n) is 5.82. The van der Waals surface area contributed by atoms with Crippen LogP contribution in [0.15, 0.2) is 54.6 Å². The van der Waals surface area contributed by atoms with Crippen molar-refractivity contribution >= 4 is 5.97 Å². The zero-order valence-electron chi connectivity index (χ0n) is 14.3. The van der Waals surface area contributed by atoms with Crippen LogP contribution >= 0.6 is 0 Å². The maximum Gasteiger partial charge on any atom is 0.371 e. The van der Waals surface area contributed by atoms with Crippen molar-refractivity contribution in [3.8, 4) is 5.75 Å². The summed E-state index contributed by atoms with van der Waals surface area (Å²) in [4.78, 5) is 21.8. The van der Waals surface area contributed by atoms with Gasteiger partial charge >= 0.3 is 5.97 Å². The smallest absolute Gasteiger partial charge is 0.304 e. The van der Waals surface area contributed by atoms with Gasteiger partial charge in [0.25, 0.3) is 0 Å². The first-order chi connectivity index (χ1) is 11.7. The lowest BCUT2D eigenvalue weighted by molar-refractivity contribution is -0.215. The molecule has 0 saturated carbocycles. The van der Waals surface area contributed by atoms with Gasteiger partial charge in [-0.3, -0.25) is 4.89 Å². The summed E-state index contributed by atoms with van der Waals surface area (Å²) >= 11 is 0. The molecular weight excluding hydrogens is 302 g/mol. The Kier molecular flexibility index (Phi) is 7.30. The van der Waals surface area contributed by atoms with E-state index in [1.54, 1.807) is 19.1 Å². The first kappa shape index (κ1) is 18.0. The van der Waals surface area contributed by atoms with Crippen molar-refractivity contribution in [1.29, 1.82) is 0 Å². The van der Waals surface area contributed by atoms with Gasteiger partial charge in [-0.2, -0.15) is 0 Å². The van der Waals surface area contributed by atoms with Crippen LogP contribution in [-0.2, 0) is 16.1 Å². The molecule has 0 bridgehead atoms. The molecule has 0 saturated heterocycles. The lowest BCUT2D eigenvalue weighted by atomic mass is 10.1. The topological polar surface area (TPSA) is 47.6 Å². The molecule has 0 fully saturated rings. The van der Waals surface area contributed by atoms with E-state index in [4.69, 9.17) is 9.78 Å². The maximum atomic E-state index is 11.8. The lowest BCUT2D eigenvalue weighted by Crippen LogP contribution is -2.36. The van der Waals surface area contributed by atoms with Crippen LogP contribution in [0.5, 0.6) is 5.75 Å². The summed E-state index contributed by atoms with van der Waals surface area (Å²) < 4.78 is 0. The number of carbonyl (C=O) groups excluding carboxylic acids is 1. The Morgan fingerprint density at radius 3 is 2.38 bits per heavy atom. The van der Waals surface area contributed by atoms with Gasteiger partial charge in [-0.15, -0.1) is 0 Å². The molecule has 1 unspecified atom stereocenters. The van der Waals surface area contributed by atoms with E-state index >= 15 is 0 Å². The fraction of sp³-hybridized carbons (Fsp3) is 0.350. The minimum Gasteiger partial charge on any atom is -0.304 e. The third-order valence-electron chi connectivity index (χ3n) is 3.73. The molecule has 24 heavy (non-hydrogen) atoms. The van der Waals surface area contributed by atoms with E-state index < -0.39 is 5.97 Å². The highest BCUT2D eigenvalue weighted by atomic mass is 17.2. The van der Waals surface area contributed by atoms with Gasteiger partial charge in [0.2, 0.25) is 0 Å². The highest BCUT2D eigenvalue weighted by Crippen LogP contribution is 2.15. The Hall–Kier alpha value is -2.33. The largest absolute Gasteiger partial charge is 0.371 e. The number of nitrogens with one attached hydrogen (secondary N) is 1. The molecule has 1 N–H and O–H groups in total. The molecule has 0 aliphatic heterocycles. The standard InChI is InChI=1S/C20H25NO3/c1-3-4-14-21-16(2)20(22)24-23-19-12-10-18(11-13-19)15-17-8-6-5-7-9-17/h5-13,16,21H,3-4,14-15H2,1-2H3. The van der Waals surface area contributed by atoms with E-state index in [-0.39, 0.29) is 6.04 Å². The van der Waals surface area contributed by atoms with Gasteiger partial charge in [0.05, 0.1) is 0 Å². The second-order valence-corrected chi connectivity index (χ2v) is 5.82. The molecule has 0 amide bonds. The summed E-state index contributed by atoms with van der Waals surface area (Å²) in [6, 6.07) is 17.4. The molecule has 0 spiro atoms. The summed E-state index contributed by atoms with van der Waals surface area (Å²) in [7, 11) is 0. The molecule has 4 nitrogen and oxygen atoms in total. The highest BCUT2D eigenvalue weighted by molar-refractivity contribution is 5.74. The van der Waals surface area contributed by atoms with Crippen LogP contribution in [0.4, 0.5) is 0 Å². The predicted molar refractivity (Wildman–Crippen MR) is 94.8 cm³/mol. The Morgan fingerprint density at radius 2 is 1.71 bits per heavy atom. The molecule has 0 aliphatic rings. The van der Waals surface area contributed by atoms with Crippen LogP contribution < -0.4 is 10.2 Å². The van der Waals surface area contributed by atoms with E-state index in [1.165, 1.54) is 11.1 Å². The highest BCUT2D eigenvalue weighted by Gasteiger charge is 2.15. The summed E-state index contributed by atoms with van der Waals surface area (Å²) in [5.41, 5.74) is 2.43. The average molecular weight is 327 g/mol. The van der Waals surface area contributed by atoms with Crippen LogP contribution in [-0.4, -0.2) is 18.6 Å². The molecule has 2 rings (SSSR count). The van der Waals surface area contributed by atoms with E-state index in [0.717, 1.165) is 25.8 Å². The molecule has 0 radical (unpaired) electrons. The van der Waals surface area contributed by atoms with E-state index in [9.17, 15) is 4.79 Å². The number of rotatable bonds is 9. The van der Waals surface area contributed by atoms with E-state index in [1.807, 2.05) is 30.3 Å². The Bertz CT molecular complexity index is 611. The number of hydrogen-bond acceptors (Lipinski definition) is 4. The summed E-state index contributed by atoms with van der Waals surface area (Å²) in [5.74, 6) is 0.0976. The van der Waals surface area contributed by atoms with Crippen molar-refractivity contribution in [1.82, 2.24) is 5.32 Å². The summed E-state index contributed by atoms with van der Waals surface area (Å²) in [5, 5.41) is 3.10. The molecule has 0 aliphatic carbocycles. The normalized spacial score (nSPS) is 11.8. The van der Waals surface area contributed by atoms with Gasteiger partial charge in [-0.25, -0.2) is 9.68 Å². The number of unbranched alkanes of at least 4 members (excludes halogenated alkanes) is 1. The van der Waals surface area contributed by atoms with Crippen molar-refractivity contribution in [3.05, 3.63) is 65.7 Å². The predicted octanol–water partition coefficient (Wildman–Crippen LogP) is 3.89. The molecule has 1 atom stereocenters. The summed E-state index contributed by atoms with van der Waals surface area (Å²) in [6.45, 7) is 4.67. The minimum absolute atomic E-state index is 0.381. The van der Waals surface area contributed by atoms with Crippen LogP contribution in [0.1, 0.15) is 37.8 Å². The first-order valence-electron chi connectivity index (χ1n) is 8.43. The van der Waals surface area contributed by atoms with Gasteiger partial charge < -0.3 is 5.32 Å². The molecule has 0 aromatic heterocycles. The third-order valence-corrected chi connectivity index (χ3v) is 3.73. The van der Waals surface area contributed by atoms with Crippen LogP contribution in [0.2, 0.25) is 0 Å². The average Bonchev–Trinajstić information content (AvgIpc) is 2.62. The number of carbonyl (C=O) groups is 1. The van der Waals surface area contributed by atoms with Crippen LogP contribution in [0.25, 0.3) is 0 Å². The van der Waals surface area contributed by atoms with Crippen LogP contribution in [0.3, 0.4) is 0 Å². The fourth-order valence-corrected chi connectivity index (χ4v) is 2.23. The van der Waals surface area contributed by atoms with Gasteiger partial charge in [-0.1, -0.05) is 55.8 Å². The monoisotopic (exact) mass is 327 g/mol. The Labute approximate surface area is 143 Å². The third kappa shape index (κ3) is 6.05. The van der Waals surface area contributed by atoms with Crippen molar-refractivity contribution in [2.24, 2.45) is 0 Å². The van der Waals surface area contributed by atoms with Crippen molar-refractivity contribution in [3.63, 3.8) is 0 Å². The zero-order chi connectivity index (χ0) is 17.2. The second kappa shape index (κ2) is 9.73. The zero-order valence-corrected chi connectivity index (χ0v) is 14.3. The van der Waals surface area contributed by atoms with Gasteiger partial charge in [0.15, 0.2) is 5.75 Å². The maximum absolute atomic E-state index is 11.8. The van der Waals surface area contributed by atoms with Crippen molar-refractivity contribution < 1.29 is 14.6 Å². The molecule has 0 heterocycles. The minimum atomic E-state index is -0.417. The number of benzene rings is 2. The van der Waals surface area contributed by atoms with Crippen molar-refractivity contribution in [2.45, 2.75) is 39.2 Å². The molecular formula is C20H25NO3. The molecule has 2 aromatic rings. The van der Waals surface area contributed by atoms with Crippen LogP contribution in [0, 0.1) is 0 Å². The SMILES string of the molecule is CCCCNC(C)C(=O)OOc1ccc(Cc2ccccc2)cc1. The van der Waals surface area contributed by atoms with E-state index in [0.29, 0.717) is 5.75 Å².